The Morgan fingerprint density at radius 1 is 1.15 bits per heavy atom. The van der Waals surface area contributed by atoms with Crippen molar-refractivity contribution in [3.8, 4) is 22.9 Å². The van der Waals surface area contributed by atoms with Gasteiger partial charge in [-0.15, -0.1) is 0 Å². The molecule has 0 saturated heterocycles. The summed E-state index contributed by atoms with van der Waals surface area (Å²) in [6, 6.07) is 19.8. The van der Waals surface area contributed by atoms with Gasteiger partial charge in [0.15, 0.2) is 1.41 Å². The Hall–Kier alpha value is -4.77. The molecule has 34 heavy (non-hydrogen) atoms. The number of nitriles is 1. The fourth-order valence-corrected chi connectivity index (χ4v) is 4.20. The van der Waals surface area contributed by atoms with E-state index in [0.29, 0.717) is 11.2 Å². The number of benzene rings is 3. The number of nitrogens with two attached hydrogens (primary N) is 1. The molecule has 0 atom stereocenters. The molecule has 0 unspecified atom stereocenters. The van der Waals surface area contributed by atoms with Crippen molar-refractivity contribution >= 4 is 27.9 Å². The van der Waals surface area contributed by atoms with Crippen LogP contribution in [-0.2, 0) is 7.05 Å². The molecule has 7 nitrogen and oxygen atoms in total. The van der Waals surface area contributed by atoms with Crippen LogP contribution < -0.4 is 11.4 Å². The fraction of sp³-hybridized carbons (Fsp3) is 0.0769. The van der Waals surface area contributed by atoms with E-state index in [-0.39, 0.29) is 11.8 Å². The minimum atomic E-state index is -0.299. The Bertz CT molecular complexity index is 1760. The molecule has 0 aliphatic heterocycles. The standard InChI is InChI=1S/C26H20FN7/c1-15-3-4-16(13-28)11-22(15)34-24-20-12-18(17-5-8-19(27)9-6-17)7-10-21(20)31-14-23(24)33(2)26(34)32-25(29)30/h3-12,14H,1-2H3,(H3,29,30)/b32-26+. The van der Waals surface area contributed by atoms with Gasteiger partial charge in [0, 0.05) is 12.4 Å². The average Bonchev–Trinajstić information content (AvgIpc) is 3.15. The first-order valence-electron chi connectivity index (χ1n) is 11.0. The Kier molecular flexibility index (Phi) is 4.66. The van der Waals surface area contributed by atoms with Crippen LogP contribution in [0.4, 0.5) is 4.39 Å². The molecule has 5 rings (SSSR count). The number of rotatable bonds is 2. The third-order valence-electron chi connectivity index (χ3n) is 5.88. The van der Waals surface area contributed by atoms with E-state index in [1.807, 2.05) is 47.4 Å². The Labute approximate surface area is 195 Å². The molecule has 166 valence electrons. The summed E-state index contributed by atoms with van der Waals surface area (Å²) in [6.07, 6.45) is 1.75. The Balaban J connectivity index is 1.96. The SMILES string of the molecule is [H]/N=C(N)/N=c1\n(C)c2cnc3ccc(-c4ccc(F)cc4)cc3c2n1-c1cc(C#N)ccc1C. The van der Waals surface area contributed by atoms with Gasteiger partial charge in [-0.3, -0.25) is 15.0 Å². The quantitative estimate of drug-likeness (QED) is 0.310. The Morgan fingerprint density at radius 2 is 1.91 bits per heavy atom. The van der Waals surface area contributed by atoms with Crippen molar-refractivity contribution in [3.63, 3.8) is 0 Å². The minimum absolute atomic E-state index is 0.206. The van der Waals surface area contributed by atoms with Crippen LogP contribution in [0.3, 0.4) is 0 Å². The third kappa shape index (κ3) is 3.40. The number of nitrogens with one attached hydrogen (secondary N) is 1. The van der Waals surface area contributed by atoms with Crippen LogP contribution in [0.25, 0.3) is 38.8 Å². The lowest BCUT2D eigenvalue weighted by Crippen LogP contribution is -2.27. The zero-order chi connectivity index (χ0) is 24.7. The maximum atomic E-state index is 13.5. The smallest absolute Gasteiger partial charge is 0.218 e. The van der Waals surface area contributed by atoms with Crippen molar-refractivity contribution in [2.45, 2.75) is 6.92 Å². The van der Waals surface area contributed by atoms with Crippen molar-refractivity contribution in [2.75, 3.05) is 0 Å². The second-order valence-electron chi connectivity index (χ2n) is 8.01. The van der Waals surface area contributed by atoms with E-state index in [4.69, 9.17) is 7.15 Å². The van der Waals surface area contributed by atoms with Gasteiger partial charge in [0.1, 0.15) is 5.82 Å². The molecular formula is C26H20FN7. The number of fused-ring (bicyclic) bond motifs is 3. The molecule has 2 aromatic heterocycles. The van der Waals surface area contributed by atoms with Gasteiger partial charge in [0.25, 0.3) is 0 Å². The van der Waals surface area contributed by atoms with E-state index in [9.17, 15) is 9.65 Å². The van der Waals surface area contributed by atoms with Crippen molar-refractivity contribution in [3.05, 3.63) is 89.4 Å². The highest BCUT2D eigenvalue weighted by Crippen LogP contribution is 2.30. The van der Waals surface area contributed by atoms with Crippen molar-refractivity contribution in [1.29, 1.82) is 10.7 Å². The van der Waals surface area contributed by atoms with E-state index in [1.54, 1.807) is 30.5 Å². The normalized spacial score (nSPS) is 12.8. The van der Waals surface area contributed by atoms with Crippen LogP contribution in [-0.4, -0.2) is 20.1 Å². The van der Waals surface area contributed by atoms with E-state index in [0.717, 1.165) is 44.3 Å². The molecule has 0 amide bonds. The number of pyridine rings is 1. The second kappa shape index (κ2) is 7.98. The molecule has 0 saturated carbocycles. The molecule has 0 bridgehead atoms. The number of aryl methyl sites for hydroxylation is 2. The van der Waals surface area contributed by atoms with E-state index >= 15 is 0 Å². The zero-order valence-electron chi connectivity index (χ0n) is 19.5. The summed E-state index contributed by atoms with van der Waals surface area (Å²) in [7, 11) is 1.83. The van der Waals surface area contributed by atoms with E-state index in [1.165, 1.54) is 12.1 Å². The van der Waals surface area contributed by atoms with Crippen LogP contribution >= 0.6 is 0 Å². The molecule has 0 aliphatic rings. The molecule has 2 heterocycles. The first kappa shape index (κ1) is 19.9. The maximum absolute atomic E-state index is 13.5. The van der Waals surface area contributed by atoms with Crippen molar-refractivity contribution < 1.29 is 5.80 Å². The van der Waals surface area contributed by atoms with Crippen molar-refractivity contribution in [2.24, 2.45) is 17.8 Å². The van der Waals surface area contributed by atoms with E-state index < -0.39 is 0 Å². The summed E-state index contributed by atoms with van der Waals surface area (Å²) in [5.74, 6) is -0.504. The van der Waals surface area contributed by atoms with Gasteiger partial charge in [-0.25, -0.2) is 4.39 Å². The second-order valence-corrected chi connectivity index (χ2v) is 8.01. The number of halogens is 1. The van der Waals surface area contributed by atoms with Crippen LogP contribution in [0.2, 0.25) is 1.41 Å². The summed E-state index contributed by atoms with van der Waals surface area (Å²) >= 11 is 0. The lowest BCUT2D eigenvalue weighted by atomic mass is 10.0. The number of aromatic nitrogens is 3. The minimum Gasteiger partial charge on any atom is -0.368 e. The van der Waals surface area contributed by atoms with Gasteiger partial charge in [0.2, 0.25) is 11.6 Å². The summed E-state index contributed by atoms with van der Waals surface area (Å²) in [4.78, 5) is 9.03. The summed E-state index contributed by atoms with van der Waals surface area (Å²) in [5.41, 5.74) is 12.5. The van der Waals surface area contributed by atoms with E-state index in [2.05, 4.69) is 21.4 Å². The lowest BCUT2D eigenvalue weighted by Gasteiger charge is -2.11. The van der Waals surface area contributed by atoms with Gasteiger partial charge in [-0.2, -0.15) is 10.3 Å². The molecule has 0 spiro atoms. The molecule has 0 radical (unpaired) electrons. The van der Waals surface area contributed by atoms with Crippen LogP contribution in [0.15, 0.2) is 71.9 Å². The number of imidazole rings is 1. The van der Waals surface area contributed by atoms with Crippen molar-refractivity contribution in [1.82, 2.24) is 14.1 Å². The highest BCUT2D eigenvalue weighted by molar-refractivity contribution is 6.04. The molecule has 3 N–H and O–H groups in total. The highest BCUT2D eigenvalue weighted by Gasteiger charge is 2.18. The molecule has 5 aromatic rings. The molecule has 3 aromatic carbocycles. The molecule has 0 aliphatic carbocycles. The predicted octanol–water partition coefficient (Wildman–Crippen LogP) is 4.30. The number of guanidine groups is 1. The maximum Gasteiger partial charge on any atom is 0.218 e. The molecule has 0 fully saturated rings. The van der Waals surface area contributed by atoms with Gasteiger partial charge < -0.3 is 10.3 Å². The van der Waals surface area contributed by atoms with Gasteiger partial charge in [0.05, 0.1) is 40.1 Å². The number of nitrogens with zero attached hydrogens (tertiary/aromatic N) is 5. The summed E-state index contributed by atoms with van der Waals surface area (Å²) in [6.45, 7) is 1.95. The van der Waals surface area contributed by atoms with Gasteiger partial charge >= 0.3 is 0 Å². The molecular weight excluding hydrogens is 429 g/mol. The summed E-state index contributed by atoms with van der Waals surface area (Å²) in [5, 5.41) is 13.6. The van der Waals surface area contributed by atoms with Crippen LogP contribution in [0, 0.1) is 29.5 Å². The van der Waals surface area contributed by atoms with Gasteiger partial charge in [-0.05, 0) is 60.0 Å². The molecule has 8 heteroatoms. The third-order valence-corrected chi connectivity index (χ3v) is 5.88. The number of hydrogen-bond acceptors (Lipinski definition) is 3. The largest absolute Gasteiger partial charge is 0.368 e. The lowest BCUT2D eigenvalue weighted by molar-refractivity contribution is 0.628. The topological polar surface area (TPSA) is 109 Å². The fourth-order valence-electron chi connectivity index (χ4n) is 4.20. The highest BCUT2D eigenvalue weighted by atomic mass is 19.1. The van der Waals surface area contributed by atoms with Crippen LogP contribution in [0.1, 0.15) is 11.1 Å². The van der Waals surface area contributed by atoms with Gasteiger partial charge in [-0.1, -0.05) is 24.3 Å². The Morgan fingerprint density at radius 3 is 2.65 bits per heavy atom. The summed E-state index contributed by atoms with van der Waals surface area (Å²) < 4.78 is 24.5. The first-order valence-corrected chi connectivity index (χ1v) is 10.5. The first-order chi connectivity index (χ1) is 16.9. The van der Waals surface area contributed by atoms with Crippen LogP contribution in [0.5, 0.6) is 0 Å². The number of hydrogen-bond donors (Lipinski definition) is 2. The predicted molar refractivity (Wildman–Crippen MR) is 130 cm³/mol. The zero-order valence-corrected chi connectivity index (χ0v) is 18.5. The monoisotopic (exact) mass is 449 g/mol. The average molecular weight is 449 g/mol.